The number of pyridine rings is 1. The van der Waals surface area contributed by atoms with Crippen LogP contribution in [0.5, 0.6) is 0 Å². The van der Waals surface area contributed by atoms with Gasteiger partial charge >= 0.3 is 0 Å². The number of anilines is 1. The van der Waals surface area contributed by atoms with Gasteiger partial charge in [0.15, 0.2) is 0 Å². The third kappa shape index (κ3) is 3.09. The molecule has 0 bridgehead atoms. The van der Waals surface area contributed by atoms with Crippen LogP contribution < -0.4 is 5.43 Å². The molecule has 0 aliphatic heterocycles. The number of hydrogen-bond acceptors (Lipinski definition) is 5. The number of fused-ring (bicyclic) bond motifs is 1. The number of hydrazone groups is 1. The van der Waals surface area contributed by atoms with Crippen molar-refractivity contribution in [3.8, 4) is 0 Å². The highest BCUT2D eigenvalue weighted by Crippen LogP contribution is 2.14. The van der Waals surface area contributed by atoms with Crippen molar-refractivity contribution in [1.29, 1.82) is 0 Å². The fourth-order valence-corrected chi connectivity index (χ4v) is 2.08. The molecule has 1 aromatic heterocycles. The van der Waals surface area contributed by atoms with E-state index >= 15 is 0 Å². The molecule has 0 aliphatic carbocycles. The van der Waals surface area contributed by atoms with E-state index in [1.54, 1.807) is 0 Å². The Labute approximate surface area is 127 Å². The number of oxime groups is 1. The van der Waals surface area contributed by atoms with E-state index in [0.717, 1.165) is 16.5 Å². The maximum absolute atomic E-state index is 8.78. The Balaban J connectivity index is 1.89. The Hall–Kier alpha value is -3.21. The Bertz CT molecular complexity index is 828. The van der Waals surface area contributed by atoms with Crippen molar-refractivity contribution in [2.75, 3.05) is 5.43 Å². The van der Waals surface area contributed by atoms with Crippen molar-refractivity contribution in [1.82, 2.24) is 4.98 Å². The molecule has 0 spiro atoms. The molecule has 0 unspecified atom stereocenters. The van der Waals surface area contributed by atoms with E-state index in [-0.39, 0.29) is 0 Å². The van der Waals surface area contributed by atoms with Crippen LogP contribution >= 0.6 is 0 Å². The Morgan fingerprint density at radius 2 is 1.73 bits per heavy atom. The van der Waals surface area contributed by atoms with Crippen LogP contribution in [0.3, 0.4) is 0 Å². The summed E-state index contributed by atoms with van der Waals surface area (Å²) in [6.45, 7) is 0. The third-order valence-electron chi connectivity index (χ3n) is 3.14. The number of nitrogens with zero attached hydrogens (tertiary/aromatic N) is 3. The molecular weight excluding hydrogens is 276 g/mol. The molecule has 0 saturated carbocycles. The molecule has 108 valence electrons. The van der Waals surface area contributed by atoms with Crippen LogP contribution in [0.15, 0.2) is 77.0 Å². The van der Waals surface area contributed by atoms with Gasteiger partial charge < -0.3 is 5.21 Å². The van der Waals surface area contributed by atoms with Crippen molar-refractivity contribution in [2.24, 2.45) is 10.3 Å². The zero-order chi connectivity index (χ0) is 15.2. The fraction of sp³-hybridized carbons (Fsp3) is 0. The Morgan fingerprint density at radius 1 is 0.955 bits per heavy atom. The minimum Gasteiger partial charge on any atom is -0.411 e. The first-order valence-electron chi connectivity index (χ1n) is 6.79. The van der Waals surface area contributed by atoms with Crippen LogP contribution in [0.1, 0.15) is 5.56 Å². The summed E-state index contributed by atoms with van der Waals surface area (Å²) >= 11 is 0. The smallest absolute Gasteiger partial charge is 0.146 e. The molecular formula is C17H14N4O. The molecule has 0 fully saturated rings. The second-order valence-electron chi connectivity index (χ2n) is 4.61. The van der Waals surface area contributed by atoms with Crippen LogP contribution in [0.2, 0.25) is 0 Å². The van der Waals surface area contributed by atoms with Gasteiger partial charge in [0, 0.05) is 10.9 Å². The summed E-state index contributed by atoms with van der Waals surface area (Å²) in [6, 6.07) is 21.2. The number of benzene rings is 2. The van der Waals surface area contributed by atoms with Crippen molar-refractivity contribution >= 4 is 28.6 Å². The van der Waals surface area contributed by atoms with E-state index in [1.165, 1.54) is 6.21 Å². The second kappa shape index (κ2) is 6.49. The summed E-state index contributed by atoms with van der Waals surface area (Å²) in [4.78, 5) is 4.48. The standard InChI is InChI=1S/C17H14N4O/c22-18-12-16(13-6-2-1-3-7-13)20-21-17-11-10-14-8-4-5-9-15(14)19-17/h1-12,22H,(H,19,21)/b18-12+,20-16+. The monoisotopic (exact) mass is 290 g/mol. The predicted molar refractivity (Wildman–Crippen MR) is 88.6 cm³/mol. The fourth-order valence-electron chi connectivity index (χ4n) is 2.08. The van der Waals surface area contributed by atoms with Gasteiger partial charge in [0.1, 0.15) is 11.5 Å². The van der Waals surface area contributed by atoms with Gasteiger partial charge in [-0.05, 0) is 18.2 Å². The molecule has 1 heterocycles. The summed E-state index contributed by atoms with van der Waals surface area (Å²) in [7, 11) is 0. The number of hydrogen-bond donors (Lipinski definition) is 2. The molecule has 0 saturated heterocycles. The summed E-state index contributed by atoms with van der Waals surface area (Å²) in [5.41, 5.74) is 5.14. The number of aromatic nitrogens is 1. The number of nitrogens with one attached hydrogen (secondary N) is 1. The molecule has 0 amide bonds. The van der Waals surface area contributed by atoms with E-state index < -0.39 is 0 Å². The van der Waals surface area contributed by atoms with Crippen LogP contribution in [0.25, 0.3) is 10.9 Å². The van der Waals surface area contributed by atoms with Gasteiger partial charge in [-0.1, -0.05) is 53.7 Å². The topological polar surface area (TPSA) is 69.9 Å². The van der Waals surface area contributed by atoms with Gasteiger partial charge in [0.25, 0.3) is 0 Å². The van der Waals surface area contributed by atoms with E-state index in [9.17, 15) is 0 Å². The van der Waals surface area contributed by atoms with Crippen LogP contribution in [0, 0.1) is 0 Å². The maximum atomic E-state index is 8.78. The zero-order valence-electron chi connectivity index (χ0n) is 11.7. The highest BCUT2D eigenvalue weighted by molar-refractivity contribution is 6.38. The molecule has 3 aromatic rings. The lowest BCUT2D eigenvalue weighted by Gasteiger charge is -2.04. The minimum atomic E-state index is 0.512. The van der Waals surface area contributed by atoms with Gasteiger partial charge in [-0.15, -0.1) is 0 Å². The number of para-hydroxylation sites is 1. The van der Waals surface area contributed by atoms with Gasteiger partial charge in [-0.2, -0.15) is 5.10 Å². The minimum absolute atomic E-state index is 0.512. The molecule has 2 aromatic carbocycles. The van der Waals surface area contributed by atoms with Crippen molar-refractivity contribution < 1.29 is 5.21 Å². The van der Waals surface area contributed by atoms with E-state index in [0.29, 0.717) is 11.5 Å². The molecule has 2 N–H and O–H groups in total. The van der Waals surface area contributed by atoms with Crippen LogP contribution in [-0.2, 0) is 0 Å². The third-order valence-corrected chi connectivity index (χ3v) is 3.14. The number of rotatable bonds is 4. The predicted octanol–water partition coefficient (Wildman–Crippen LogP) is 3.51. The van der Waals surface area contributed by atoms with Crippen molar-refractivity contribution in [3.05, 3.63) is 72.3 Å². The quantitative estimate of drug-likeness (QED) is 0.439. The van der Waals surface area contributed by atoms with Crippen molar-refractivity contribution in [2.45, 2.75) is 0 Å². The Morgan fingerprint density at radius 3 is 2.55 bits per heavy atom. The SMILES string of the molecule is O/N=C/C(=N\Nc1ccc2ccccc2n1)c1ccccc1. The molecule has 5 nitrogen and oxygen atoms in total. The molecule has 0 aliphatic rings. The first kappa shape index (κ1) is 13.8. The lowest BCUT2D eigenvalue weighted by Crippen LogP contribution is -2.06. The Kier molecular flexibility index (Phi) is 4.06. The average Bonchev–Trinajstić information content (AvgIpc) is 2.59. The largest absolute Gasteiger partial charge is 0.411 e. The maximum Gasteiger partial charge on any atom is 0.146 e. The molecule has 5 heteroatoms. The van der Waals surface area contributed by atoms with E-state index in [1.807, 2.05) is 66.7 Å². The zero-order valence-corrected chi connectivity index (χ0v) is 11.7. The van der Waals surface area contributed by atoms with Crippen LogP contribution in [-0.4, -0.2) is 22.1 Å². The summed E-state index contributed by atoms with van der Waals surface area (Å²) < 4.78 is 0. The summed E-state index contributed by atoms with van der Waals surface area (Å²) in [5.74, 6) is 0.624. The second-order valence-corrected chi connectivity index (χ2v) is 4.61. The molecule has 22 heavy (non-hydrogen) atoms. The highest BCUT2D eigenvalue weighted by Gasteiger charge is 2.01. The first-order valence-corrected chi connectivity index (χ1v) is 6.79. The molecule has 0 radical (unpaired) electrons. The highest BCUT2D eigenvalue weighted by atomic mass is 16.4. The van der Waals surface area contributed by atoms with Gasteiger partial charge in [-0.3, -0.25) is 5.43 Å². The molecule has 0 atom stereocenters. The average molecular weight is 290 g/mol. The molecule has 3 rings (SSSR count). The van der Waals surface area contributed by atoms with Crippen molar-refractivity contribution in [3.63, 3.8) is 0 Å². The van der Waals surface area contributed by atoms with Crippen LogP contribution in [0.4, 0.5) is 5.82 Å². The summed E-state index contributed by atoms with van der Waals surface area (Å²) in [5, 5.41) is 17.2. The lowest BCUT2D eigenvalue weighted by atomic mass is 10.1. The summed E-state index contributed by atoms with van der Waals surface area (Å²) in [6.07, 6.45) is 1.28. The normalized spacial score (nSPS) is 11.9. The van der Waals surface area contributed by atoms with E-state index in [4.69, 9.17) is 5.21 Å². The van der Waals surface area contributed by atoms with E-state index in [2.05, 4.69) is 20.7 Å². The lowest BCUT2D eigenvalue weighted by molar-refractivity contribution is 0.322. The van der Waals surface area contributed by atoms with Gasteiger partial charge in [0.2, 0.25) is 0 Å². The first-order chi connectivity index (χ1) is 10.9. The van der Waals surface area contributed by atoms with Gasteiger partial charge in [0.05, 0.1) is 11.7 Å². The van der Waals surface area contributed by atoms with Gasteiger partial charge in [-0.25, -0.2) is 4.98 Å².